The van der Waals surface area contributed by atoms with E-state index in [1.807, 2.05) is 33.8 Å². The average Bonchev–Trinajstić information content (AvgIpc) is 2.26. The number of rotatable bonds is 9. The maximum absolute atomic E-state index is 5.86. The molecule has 96 valence electrons. The lowest BCUT2D eigenvalue weighted by atomic mass is 10.3. The lowest BCUT2D eigenvalue weighted by molar-refractivity contribution is 0.0648. The molecule has 1 atom stereocenters. The molecule has 4 heteroatoms. The summed E-state index contributed by atoms with van der Waals surface area (Å²) in [6, 6.07) is 0. The van der Waals surface area contributed by atoms with E-state index in [1.54, 1.807) is 0 Å². The lowest BCUT2D eigenvalue weighted by Gasteiger charge is -2.33. The van der Waals surface area contributed by atoms with Crippen LogP contribution in [-0.2, 0) is 13.3 Å². The maximum atomic E-state index is 5.86. The van der Waals surface area contributed by atoms with Crippen LogP contribution in [0.3, 0.4) is 0 Å². The minimum atomic E-state index is -2.53. The van der Waals surface area contributed by atoms with E-state index >= 15 is 0 Å². The zero-order chi connectivity index (χ0) is 12.4. The smallest absolute Gasteiger partial charge is 0.373 e. The predicted octanol–water partition coefficient (Wildman–Crippen LogP) is 3.39. The Balaban J connectivity index is 4.92. The van der Waals surface area contributed by atoms with Gasteiger partial charge in [-0.05, 0) is 34.1 Å². The van der Waals surface area contributed by atoms with E-state index in [2.05, 4.69) is 13.0 Å². The van der Waals surface area contributed by atoms with Crippen molar-refractivity contribution in [1.82, 2.24) is 0 Å². The standard InChI is InChI=1S/C12H26O3Si/c1-6-11-12(7-2)16(13-8-3,14-9-4)15-10-5/h6,11-12H,7-10H2,1-5H3/b11-6+. The fraction of sp³-hybridized carbons (Fsp3) is 0.833. The number of hydrogen-bond acceptors (Lipinski definition) is 3. The van der Waals surface area contributed by atoms with Gasteiger partial charge in [0.2, 0.25) is 0 Å². The summed E-state index contributed by atoms with van der Waals surface area (Å²) >= 11 is 0. The first-order valence-electron chi connectivity index (χ1n) is 6.25. The summed E-state index contributed by atoms with van der Waals surface area (Å²) in [6.07, 6.45) is 5.18. The van der Waals surface area contributed by atoms with Crippen LogP contribution in [0.1, 0.15) is 41.0 Å². The third kappa shape index (κ3) is 4.37. The van der Waals surface area contributed by atoms with Crippen LogP contribution in [0.25, 0.3) is 0 Å². The number of hydrogen-bond donors (Lipinski definition) is 0. The molecule has 0 aromatic rings. The zero-order valence-corrected chi connectivity index (χ0v) is 12.3. The second kappa shape index (κ2) is 8.93. The van der Waals surface area contributed by atoms with Gasteiger partial charge >= 0.3 is 8.80 Å². The van der Waals surface area contributed by atoms with Gasteiger partial charge in [0.25, 0.3) is 0 Å². The Bertz CT molecular complexity index is 178. The summed E-state index contributed by atoms with van der Waals surface area (Å²) in [5.74, 6) is 0. The highest BCUT2D eigenvalue weighted by Gasteiger charge is 2.46. The van der Waals surface area contributed by atoms with Gasteiger partial charge in [-0.15, -0.1) is 0 Å². The summed E-state index contributed by atoms with van der Waals surface area (Å²) in [4.78, 5) is 0. The highest BCUT2D eigenvalue weighted by molar-refractivity contribution is 6.63. The van der Waals surface area contributed by atoms with E-state index in [9.17, 15) is 0 Å². The van der Waals surface area contributed by atoms with E-state index in [1.165, 1.54) is 0 Å². The van der Waals surface area contributed by atoms with Crippen molar-refractivity contribution in [3.8, 4) is 0 Å². The van der Waals surface area contributed by atoms with Crippen LogP contribution >= 0.6 is 0 Å². The first-order valence-corrected chi connectivity index (χ1v) is 8.05. The number of allylic oxidation sites excluding steroid dienone is 2. The van der Waals surface area contributed by atoms with Gasteiger partial charge in [0, 0.05) is 25.4 Å². The molecule has 0 aromatic heterocycles. The largest absolute Gasteiger partial charge is 0.508 e. The van der Waals surface area contributed by atoms with Gasteiger partial charge in [0.05, 0.1) is 0 Å². The molecule has 0 bridgehead atoms. The molecule has 0 fully saturated rings. The normalized spacial score (nSPS) is 14.6. The summed E-state index contributed by atoms with van der Waals surface area (Å²) in [7, 11) is -2.53. The van der Waals surface area contributed by atoms with Crippen molar-refractivity contribution in [2.24, 2.45) is 0 Å². The molecule has 0 spiro atoms. The van der Waals surface area contributed by atoms with Crippen molar-refractivity contribution in [3.05, 3.63) is 12.2 Å². The van der Waals surface area contributed by atoms with E-state index < -0.39 is 8.80 Å². The fourth-order valence-corrected chi connectivity index (χ4v) is 4.81. The van der Waals surface area contributed by atoms with E-state index in [0.29, 0.717) is 19.8 Å². The quantitative estimate of drug-likeness (QED) is 0.461. The van der Waals surface area contributed by atoms with Gasteiger partial charge in [-0.1, -0.05) is 19.1 Å². The second-order valence-electron chi connectivity index (χ2n) is 3.44. The van der Waals surface area contributed by atoms with Crippen molar-refractivity contribution >= 4 is 8.80 Å². The third-order valence-corrected chi connectivity index (χ3v) is 5.94. The van der Waals surface area contributed by atoms with E-state index in [4.69, 9.17) is 13.3 Å². The Morgan fingerprint density at radius 2 is 1.38 bits per heavy atom. The minimum Gasteiger partial charge on any atom is -0.373 e. The molecule has 0 radical (unpaired) electrons. The molecule has 16 heavy (non-hydrogen) atoms. The van der Waals surface area contributed by atoms with Crippen molar-refractivity contribution in [2.75, 3.05) is 19.8 Å². The van der Waals surface area contributed by atoms with Gasteiger partial charge in [-0.2, -0.15) is 0 Å². The molecule has 1 unspecified atom stereocenters. The fourth-order valence-electron chi connectivity index (χ4n) is 1.79. The van der Waals surface area contributed by atoms with Crippen LogP contribution < -0.4 is 0 Å². The molecule has 0 N–H and O–H groups in total. The van der Waals surface area contributed by atoms with Crippen molar-refractivity contribution < 1.29 is 13.3 Å². The van der Waals surface area contributed by atoms with Gasteiger partial charge < -0.3 is 13.3 Å². The monoisotopic (exact) mass is 246 g/mol. The molecule has 0 aromatic carbocycles. The first kappa shape index (κ1) is 15.8. The topological polar surface area (TPSA) is 27.7 Å². The molecule has 0 saturated carbocycles. The van der Waals surface area contributed by atoms with Gasteiger partial charge in [-0.3, -0.25) is 0 Å². The zero-order valence-electron chi connectivity index (χ0n) is 11.3. The Labute approximate surface area is 101 Å². The summed E-state index contributed by atoms with van der Waals surface area (Å²) in [5, 5.41) is 0. The molecule has 0 rings (SSSR count). The summed E-state index contributed by atoms with van der Waals surface area (Å²) < 4.78 is 17.6. The highest BCUT2D eigenvalue weighted by Crippen LogP contribution is 2.30. The summed E-state index contributed by atoms with van der Waals surface area (Å²) in [6.45, 7) is 12.0. The van der Waals surface area contributed by atoms with Crippen LogP contribution in [0.4, 0.5) is 0 Å². The average molecular weight is 246 g/mol. The molecule has 0 aliphatic rings. The van der Waals surface area contributed by atoms with Gasteiger partial charge in [-0.25, -0.2) is 0 Å². The van der Waals surface area contributed by atoms with Crippen LogP contribution in [0.5, 0.6) is 0 Å². The molecule has 0 saturated heterocycles. The van der Waals surface area contributed by atoms with Crippen LogP contribution in [0, 0.1) is 0 Å². The molecule has 0 aliphatic carbocycles. The minimum absolute atomic E-state index is 0.261. The van der Waals surface area contributed by atoms with Crippen molar-refractivity contribution in [3.63, 3.8) is 0 Å². The van der Waals surface area contributed by atoms with Crippen molar-refractivity contribution in [2.45, 2.75) is 46.6 Å². The van der Waals surface area contributed by atoms with Crippen LogP contribution in [0.2, 0.25) is 5.54 Å². The molecule has 0 heterocycles. The third-order valence-electron chi connectivity index (χ3n) is 2.36. The second-order valence-corrected chi connectivity index (χ2v) is 6.26. The Kier molecular flexibility index (Phi) is 8.84. The molecular formula is C12H26O3Si. The molecule has 3 nitrogen and oxygen atoms in total. The van der Waals surface area contributed by atoms with Crippen molar-refractivity contribution in [1.29, 1.82) is 0 Å². The first-order chi connectivity index (χ1) is 7.70. The maximum Gasteiger partial charge on any atom is 0.508 e. The van der Waals surface area contributed by atoms with Gasteiger partial charge in [0.15, 0.2) is 0 Å². The van der Waals surface area contributed by atoms with Crippen LogP contribution in [0.15, 0.2) is 12.2 Å². The highest BCUT2D eigenvalue weighted by atomic mass is 28.4. The Morgan fingerprint density at radius 1 is 0.938 bits per heavy atom. The molecule has 0 amide bonds. The summed E-state index contributed by atoms with van der Waals surface area (Å²) in [5.41, 5.74) is 0.261. The van der Waals surface area contributed by atoms with E-state index in [-0.39, 0.29) is 5.54 Å². The Hall–Kier alpha value is -0.163. The molecular weight excluding hydrogens is 220 g/mol. The predicted molar refractivity (Wildman–Crippen MR) is 69.5 cm³/mol. The molecule has 0 aliphatic heterocycles. The SMILES string of the molecule is C/C=C/C(CC)[Si](OCC)(OCC)OCC. The van der Waals surface area contributed by atoms with E-state index in [0.717, 1.165) is 6.42 Å². The van der Waals surface area contributed by atoms with Crippen LogP contribution in [-0.4, -0.2) is 28.6 Å². The van der Waals surface area contributed by atoms with Gasteiger partial charge in [0.1, 0.15) is 0 Å². The lowest BCUT2D eigenvalue weighted by Crippen LogP contribution is -2.49. The Morgan fingerprint density at radius 3 is 1.62 bits per heavy atom.